The van der Waals surface area contributed by atoms with Crippen molar-refractivity contribution in [3.63, 3.8) is 0 Å². The summed E-state index contributed by atoms with van der Waals surface area (Å²) in [6.07, 6.45) is 4.49. The van der Waals surface area contributed by atoms with Gasteiger partial charge in [-0.05, 0) is 31.5 Å². The number of nitrogens with zero attached hydrogens (tertiary/aromatic N) is 2. The van der Waals surface area contributed by atoms with Crippen LogP contribution in [0.25, 0.3) is 5.65 Å². The van der Waals surface area contributed by atoms with Gasteiger partial charge in [-0.25, -0.2) is 4.98 Å². The summed E-state index contributed by atoms with van der Waals surface area (Å²) in [5, 5.41) is 3.20. The zero-order chi connectivity index (χ0) is 11.4. The monoisotopic (exact) mass is 221 g/mol. The Morgan fingerprint density at radius 3 is 3.12 bits per heavy atom. The Morgan fingerprint density at radius 1 is 1.44 bits per heavy atom. The lowest BCUT2D eigenvalue weighted by molar-refractivity contribution is 0.458. The number of alkyl halides is 1. The molecule has 16 heavy (non-hydrogen) atoms. The summed E-state index contributed by atoms with van der Waals surface area (Å²) in [6.45, 7) is 3.22. The van der Waals surface area contributed by atoms with Crippen molar-refractivity contribution in [2.75, 3.05) is 13.2 Å². The van der Waals surface area contributed by atoms with Crippen LogP contribution in [0.2, 0.25) is 0 Å². The standard InChI is InChI=1S/C12H16FN3/c1-10-3-4-12-15-8-11(16(12)9-10)7-14-6-2-5-13/h3-4,8-9,14H,2,5-7H2,1H3. The highest BCUT2D eigenvalue weighted by molar-refractivity contribution is 5.41. The van der Waals surface area contributed by atoms with Crippen LogP contribution in [0.5, 0.6) is 0 Å². The SMILES string of the molecule is Cc1ccc2ncc(CNCCCF)n2c1. The van der Waals surface area contributed by atoms with Crippen LogP contribution in [0.15, 0.2) is 24.5 Å². The molecule has 1 N–H and O–H groups in total. The quantitative estimate of drug-likeness (QED) is 0.783. The van der Waals surface area contributed by atoms with Gasteiger partial charge in [0, 0.05) is 12.7 Å². The zero-order valence-corrected chi connectivity index (χ0v) is 9.41. The molecule has 0 aromatic carbocycles. The average molecular weight is 221 g/mol. The number of pyridine rings is 1. The molecule has 0 aliphatic carbocycles. The minimum Gasteiger partial charge on any atom is -0.311 e. The molecule has 3 nitrogen and oxygen atoms in total. The lowest BCUT2D eigenvalue weighted by atomic mass is 10.3. The van der Waals surface area contributed by atoms with Crippen LogP contribution in [0.1, 0.15) is 17.7 Å². The van der Waals surface area contributed by atoms with Crippen LogP contribution >= 0.6 is 0 Å². The molecule has 2 aromatic heterocycles. The molecule has 2 heterocycles. The molecule has 0 aliphatic rings. The lowest BCUT2D eigenvalue weighted by Gasteiger charge is -2.04. The van der Waals surface area contributed by atoms with E-state index in [4.69, 9.17) is 0 Å². The van der Waals surface area contributed by atoms with Gasteiger partial charge >= 0.3 is 0 Å². The molecule has 2 aromatic rings. The highest BCUT2D eigenvalue weighted by Crippen LogP contribution is 2.08. The molecule has 0 unspecified atom stereocenters. The molecule has 86 valence electrons. The first-order chi connectivity index (χ1) is 7.81. The van der Waals surface area contributed by atoms with Gasteiger partial charge in [0.1, 0.15) is 5.65 Å². The summed E-state index contributed by atoms with van der Waals surface area (Å²) in [6, 6.07) is 4.04. The normalized spacial score (nSPS) is 11.1. The van der Waals surface area contributed by atoms with Crippen LogP contribution in [-0.4, -0.2) is 22.6 Å². The smallest absolute Gasteiger partial charge is 0.136 e. The predicted molar refractivity (Wildman–Crippen MR) is 62.2 cm³/mol. The molecule has 0 spiro atoms. The molecule has 4 heteroatoms. The third-order valence-corrected chi connectivity index (χ3v) is 2.52. The second kappa shape index (κ2) is 5.07. The first-order valence-electron chi connectivity index (χ1n) is 5.50. The van der Waals surface area contributed by atoms with Gasteiger partial charge in [-0.1, -0.05) is 6.07 Å². The van der Waals surface area contributed by atoms with Crippen molar-refractivity contribution in [3.8, 4) is 0 Å². The van der Waals surface area contributed by atoms with Gasteiger partial charge in [-0.2, -0.15) is 0 Å². The minimum atomic E-state index is -0.265. The Balaban J connectivity index is 2.09. The largest absolute Gasteiger partial charge is 0.311 e. The van der Waals surface area contributed by atoms with Gasteiger partial charge in [0.05, 0.1) is 18.6 Å². The summed E-state index contributed by atoms with van der Waals surface area (Å²) in [4.78, 5) is 4.31. The Labute approximate surface area is 94.3 Å². The Kier molecular flexibility index (Phi) is 3.51. The van der Waals surface area contributed by atoms with Crippen molar-refractivity contribution in [2.45, 2.75) is 19.9 Å². The van der Waals surface area contributed by atoms with Gasteiger partial charge in [0.25, 0.3) is 0 Å². The minimum absolute atomic E-state index is 0.265. The number of halogens is 1. The van der Waals surface area contributed by atoms with Gasteiger partial charge in [-0.15, -0.1) is 0 Å². The molecule has 0 bridgehead atoms. The topological polar surface area (TPSA) is 29.3 Å². The van der Waals surface area contributed by atoms with E-state index in [-0.39, 0.29) is 6.67 Å². The van der Waals surface area contributed by atoms with Crippen LogP contribution in [0, 0.1) is 6.92 Å². The Morgan fingerprint density at radius 2 is 2.31 bits per heavy atom. The molecule has 0 aliphatic heterocycles. The molecule has 0 saturated carbocycles. The number of aryl methyl sites for hydroxylation is 1. The van der Waals surface area contributed by atoms with E-state index >= 15 is 0 Å². The summed E-state index contributed by atoms with van der Waals surface area (Å²) in [7, 11) is 0. The zero-order valence-electron chi connectivity index (χ0n) is 9.41. The molecule has 0 radical (unpaired) electrons. The van der Waals surface area contributed by atoms with Crippen LogP contribution in [0.4, 0.5) is 4.39 Å². The van der Waals surface area contributed by atoms with E-state index in [1.54, 1.807) is 0 Å². The maximum absolute atomic E-state index is 11.9. The van der Waals surface area contributed by atoms with Crippen molar-refractivity contribution in [1.82, 2.24) is 14.7 Å². The van der Waals surface area contributed by atoms with Gasteiger partial charge < -0.3 is 9.72 Å². The highest BCUT2D eigenvalue weighted by atomic mass is 19.1. The summed E-state index contributed by atoms with van der Waals surface area (Å²) >= 11 is 0. The second-order valence-corrected chi connectivity index (χ2v) is 3.90. The van der Waals surface area contributed by atoms with Crippen molar-refractivity contribution in [3.05, 3.63) is 35.8 Å². The predicted octanol–water partition coefficient (Wildman–Crippen LogP) is 2.09. The van der Waals surface area contributed by atoms with E-state index in [0.29, 0.717) is 13.0 Å². The third kappa shape index (κ3) is 2.39. The fourth-order valence-electron chi connectivity index (χ4n) is 1.68. The fraction of sp³-hybridized carbons (Fsp3) is 0.417. The van der Waals surface area contributed by atoms with E-state index in [1.165, 1.54) is 5.56 Å². The number of fused-ring (bicyclic) bond motifs is 1. The number of hydrogen-bond donors (Lipinski definition) is 1. The first-order valence-corrected chi connectivity index (χ1v) is 5.50. The van der Waals surface area contributed by atoms with Crippen molar-refractivity contribution in [2.24, 2.45) is 0 Å². The number of aromatic nitrogens is 2. The molecule has 0 atom stereocenters. The maximum Gasteiger partial charge on any atom is 0.136 e. The van der Waals surface area contributed by atoms with Gasteiger partial charge in [0.2, 0.25) is 0 Å². The van der Waals surface area contributed by atoms with E-state index in [1.807, 2.05) is 18.3 Å². The lowest BCUT2D eigenvalue weighted by Crippen LogP contribution is -2.16. The van der Waals surface area contributed by atoms with E-state index in [2.05, 4.69) is 27.8 Å². The average Bonchev–Trinajstić information content (AvgIpc) is 2.67. The van der Waals surface area contributed by atoms with Crippen LogP contribution < -0.4 is 5.32 Å². The molecule has 0 amide bonds. The van der Waals surface area contributed by atoms with Crippen molar-refractivity contribution < 1.29 is 4.39 Å². The molecular formula is C12H16FN3. The number of rotatable bonds is 5. The Hall–Kier alpha value is -1.42. The van der Waals surface area contributed by atoms with Crippen LogP contribution in [0.3, 0.4) is 0 Å². The van der Waals surface area contributed by atoms with Crippen molar-refractivity contribution >= 4 is 5.65 Å². The van der Waals surface area contributed by atoms with E-state index < -0.39 is 0 Å². The van der Waals surface area contributed by atoms with Gasteiger partial charge in [0.15, 0.2) is 0 Å². The van der Waals surface area contributed by atoms with Crippen molar-refractivity contribution in [1.29, 1.82) is 0 Å². The highest BCUT2D eigenvalue weighted by Gasteiger charge is 2.02. The fourth-order valence-corrected chi connectivity index (χ4v) is 1.68. The first kappa shape index (κ1) is 11.1. The van der Waals surface area contributed by atoms with E-state index in [0.717, 1.165) is 17.9 Å². The molecular weight excluding hydrogens is 205 g/mol. The Bertz CT molecular complexity index is 464. The number of imidazole rings is 1. The summed E-state index contributed by atoms with van der Waals surface area (Å²) < 4.78 is 14.0. The second-order valence-electron chi connectivity index (χ2n) is 3.90. The number of nitrogens with one attached hydrogen (secondary N) is 1. The van der Waals surface area contributed by atoms with E-state index in [9.17, 15) is 4.39 Å². The van der Waals surface area contributed by atoms with Crippen LogP contribution in [-0.2, 0) is 6.54 Å². The third-order valence-electron chi connectivity index (χ3n) is 2.52. The summed E-state index contributed by atoms with van der Waals surface area (Å²) in [5.74, 6) is 0. The van der Waals surface area contributed by atoms with Gasteiger partial charge in [-0.3, -0.25) is 4.39 Å². The maximum atomic E-state index is 11.9. The molecule has 0 saturated heterocycles. The molecule has 0 fully saturated rings. The molecule has 2 rings (SSSR count). The number of hydrogen-bond acceptors (Lipinski definition) is 2. The summed E-state index contributed by atoms with van der Waals surface area (Å²) in [5.41, 5.74) is 3.26.